The fourth-order valence-electron chi connectivity index (χ4n) is 2.44. The SMILES string of the molecule is O=C(C[n+]1cn(C(F)F)c2ccccc21)c1ccc(Cl)cc1Cl.[Br-]. The number of carbonyl (C=O) groups excluding carboxylic acids is 1. The van der Waals surface area contributed by atoms with Gasteiger partial charge >= 0.3 is 6.55 Å². The molecule has 0 spiro atoms. The van der Waals surface area contributed by atoms with Crippen LogP contribution in [-0.4, -0.2) is 10.4 Å². The summed E-state index contributed by atoms with van der Waals surface area (Å²) in [6, 6.07) is 11.2. The molecule has 0 atom stereocenters. The highest BCUT2D eigenvalue weighted by molar-refractivity contribution is 6.36. The fourth-order valence-corrected chi connectivity index (χ4v) is 2.95. The molecule has 8 heteroatoms. The van der Waals surface area contributed by atoms with Crippen LogP contribution in [0, 0.1) is 0 Å². The molecule has 3 nitrogen and oxygen atoms in total. The molecule has 2 aromatic carbocycles. The molecule has 0 saturated heterocycles. The molecule has 0 radical (unpaired) electrons. The van der Waals surface area contributed by atoms with Crippen molar-refractivity contribution in [1.29, 1.82) is 0 Å². The third-order valence-corrected chi connectivity index (χ3v) is 4.04. The van der Waals surface area contributed by atoms with Crippen LogP contribution in [0.4, 0.5) is 8.78 Å². The summed E-state index contributed by atoms with van der Waals surface area (Å²) in [5, 5.41) is 0.661. The van der Waals surface area contributed by atoms with Crippen molar-refractivity contribution in [2.24, 2.45) is 0 Å². The highest BCUT2D eigenvalue weighted by Gasteiger charge is 2.23. The van der Waals surface area contributed by atoms with Gasteiger partial charge in [-0.05, 0) is 30.3 Å². The Morgan fingerprint density at radius 2 is 1.88 bits per heavy atom. The molecule has 0 aliphatic heterocycles. The van der Waals surface area contributed by atoms with Crippen LogP contribution in [-0.2, 0) is 6.54 Å². The number of nitrogens with zero attached hydrogens (tertiary/aromatic N) is 2. The molecule has 3 aromatic rings. The third-order valence-electron chi connectivity index (χ3n) is 3.49. The summed E-state index contributed by atoms with van der Waals surface area (Å²) in [6.07, 6.45) is 1.23. The second kappa shape index (κ2) is 7.59. The molecular formula is C16H11BrCl2F2N2O. The predicted molar refractivity (Wildman–Crippen MR) is 84.2 cm³/mol. The summed E-state index contributed by atoms with van der Waals surface area (Å²) in [5.41, 5.74) is 1.21. The molecule has 0 bridgehead atoms. The van der Waals surface area contributed by atoms with Gasteiger partial charge in [0.2, 0.25) is 12.1 Å². The summed E-state index contributed by atoms with van der Waals surface area (Å²) in [6.45, 7) is -2.78. The molecule has 0 saturated carbocycles. The number of imidazole rings is 1. The smallest absolute Gasteiger partial charge is 0.387 e. The van der Waals surface area contributed by atoms with E-state index in [0.717, 1.165) is 4.57 Å². The molecule has 0 aliphatic rings. The van der Waals surface area contributed by atoms with Crippen LogP contribution in [0.15, 0.2) is 48.8 Å². The molecule has 1 heterocycles. The summed E-state index contributed by atoms with van der Waals surface area (Å²) < 4.78 is 28.5. The van der Waals surface area contributed by atoms with Crippen molar-refractivity contribution in [2.75, 3.05) is 0 Å². The minimum atomic E-state index is -2.68. The maximum Gasteiger partial charge on any atom is 0.387 e. The number of fused-ring (bicyclic) bond motifs is 1. The van der Waals surface area contributed by atoms with Gasteiger partial charge in [0.1, 0.15) is 0 Å². The number of alkyl halides is 2. The van der Waals surface area contributed by atoms with Crippen LogP contribution in [0.1, 0.15) is 16.9 Å². The summed E-state index contributed by atoms with van der Waals surface area (Å²) in [5.74, 6) is -0.283. The first kappa shape index (κ1) is 18.8. The Morgan fingerprint density at radius 3 is 2.54 bits per heavy atom. The quantitative estimate of drug-likeness (QED) is 0.450. The Hall–Kier alpha value is -1.50. The first-order valence-corrected chi connectivity index (χ1v) is 7.48. The molecule has 3 rings (SSSR count). The number of carbonyl (C=O) groups is 1. The lowest BCUT2D eigenvalue weighted by Crippen LogP contribution is -3.00. The van der Waals surface area contributed by atoms with Gasteiger partial charge < -0.3 is 17.0 Å². The Kier molecular flexibility index (Phi) is 5.96. The van der Waals surface area contributed by atoms with Crippen LogP contribution in [0.3, 0.4) is 0 Å². The second-order valence-corrected chi connectivity index (χ2v) is 5.81. The van der Waals surface area contributed by atoms with Crippen molar-refractivity contribution in [2.45, 2.75) is 13.1 Å². The van der Waals surface area contributed by atoms with Crippen LogP contribution < -0.4 is 21.5 Å². The molecule has 126 valence electrons. The number of halogens is 5. The number of benzene rings is 2. The first-order chi connectivity index (χ1) is 11.0. The molecule has 1 aromatic heterocycles. The molecule has 24 heavy (non-hydrogen) atoms. The summed E-state index contributed by atoms with van der Waals surface area (Å²) in [7, 11) is 0. The van der Waals surface area contributed by atoms with Gasteiger partial charge in [0.05, 0.1) is 5.02 Å². The van der Waals surface area contributed by atoms with E-state index in [2.05, 4.69) is 0 Å². The van der Waals surface area contributed by atoms with E-state index in [1.807, 2.05) is 0 Å². The van der Waals surface area contributed by atoms with Gasteiger partial charge in [-0.1, -0.05) is 35.3 Å². The number of hydrogen-bond acceptors (Lipinski definition) is 1. The zero-order valence-corrected chi connectivity index (χ0v) is 15.2. The number of para-hydroxylation sites is 2. The Morgan fingerprint density at radius 1 is 1.17 bits per heavy atom. The fraction of sp³-hybridized carbons (Fsp3) is 0.125. The maximum absolute atomic E-state index is 13.1. The standard InChI is InChI=1S/C16H11Cl2F2N2O.BrH/c17-10-5-6-11(12(18)7-10)15(23)8-21-9-22(16(19)20)14-4-2-1-3-13(14)21;/h1-7,9,16H,8H2;1H/q+1;/p-1. The number of hydrogen-bond donors (Lipinski definition) is 0. The normalized spacial score (nSPS) is 10.9. The van der Waals surface area contributed by atoms with Gasteiger partial charge in [0.15, 0.2) is 17.6 Å². The largest absolute Gasteiger partial charge is 1.00 e. The van der Waals surface area contributed by atoms with Gasteiger partial charge in [-0.25, -0.2) is 4.57 Å². The lowest BCUT2D eigenvalue weighted by Gasteiger charge is -2.02. The van der Waals surface area contributed by atoms with Crippen LogP contribution in [0.25, 0.3) is 11.0 Å². The number of aromatic nitrogens is 2. The lowest BCUT2D eigenvalue weighted by molar-refractivity contribution is -0.658. The topological polar surface area (TPSA) is 25.9 Å². The Bertz CT molecular complexity index is 899. The monoisotopic (exact) mass is 434 g/mol. The van der Waals surface area contributed by atoms with Gasteiger partial charge in [-0.15, -0.1) is 0 Å². The average molecular weight is 436 g/mol. The average Bonchev–Trinajstić information content (AvgIpc) is 2.86. The van der Waals surface area contributed by atoms with Crippen LogP contribution in [0.5, 0.6) is 0 Å². The van der Waals surface area contributed by atoms with Crippen molar-refractivity contribution in [1.82, 2.24) is 4.57 Å². The molecule has 0 unspecified atom stereocenters. The summed E-state index contributed by atoms with van der Waals surface area (Å²) in [4.78, 5) is 12.4. The van der Waals surface area contributed by atoms with E-state index in [4.69, 9.17) is 23.2 Å². The van der Waals surface area contributed by atoms with E-state index >= 15 is 0 Å². The maximum atomic E-state index is 13.1. The summed E-state index contributed by atoms with van der Waals surface area (Å²) >= 11 is 11.8. The minimum absolute atomic E-state index is 0. The van der Waals surface area contributed by atoms with E-state index < -0.39 is 6.55 Å². The van der Waals surface area contributed by atoms with E-state index in [1.54, 1.807) is 30.3 Å². The van der Waals surface area contributed by atoms with Crippen LogP contribution in [0.2, 0.25) is 10.0 Å². The highest BCUT2D eigenvalue weighted by atomic mass is 79.9. The second-order valence-electron chi connectivity index (χ2n) is 4.96. The van der Waals surface area contributed by atoms with Crippen LogP contribution >= 0.6 is 23.2 Å². The minimum Gasteiger partial charge on any atom is -1.00 e. The van der Waals surface area contributed by atoms with E-state index in [9.17, 15) is 13.6 Å². The van der Waals surface area contributed by atoms with Crippen molar-refractivity contribution >= 4 is 40.0 Å². The first-order valence-electron chi connectivity index (χ1n) is 6.73. The highest BCUT2D eigenvalue weighted by Crippen LogP contribution is 2.22. The zero-order valence-electron chi connectivity index (χ0n) is 12.1. The number of Topliss-reactive ketones (excluding diaryl/α,β-unsaturated/α-hetero) is 1. The number of ketones is 1. The van der Waals surface area contributed by atoms with Crippen molar-refractivity contribution in [3.05, 3.63) is 64.4 Å². The van der Waals surface area contributed by atoms with Gasteiger partial charge in [0, 0.05) is 10.6 Å². The van der Waals surface area contributed by atoms with E-state index in [-0.39, 0.29) is 34.3 Å². The Balaban J connectivity index is 0.00000208. The van der Waals surface area contributed by atoms with Gasteiger partial charge in [-0.2, -0.15) is 13.3 Å². The van der Waals surface area contributed by atoms with Gasteiger partial charge in [-0.3, -0.25) is 4.79 Å². The number of rotatable bonds is 4. The molecule has 0 fully saturated rings. The van der Waals surface area contributed by atoms with Crippen molar-refractivity contribution in [3.8, 4) is 0 Å². The zero-order chi connectivity index (χ0) is 16.6. The third kappa shape index (κ3) is 3.61. The molecule has 0 aliphatic carbocycles. The molecular weight excluding hydrogens is 425 g/mol. The van der Waals surface area contributed by atoms with E-state index in [1.165, 1.54) is 23.0 Å². The predicted octanol–water partition coefficient (Wildman–Crippen LogP) is 1.52. The van der Waals surface area contributed by atoms with Crippen molar-refractivity contribution < 1.29 is 35.1 Å². The molecule has 0 N–H and O–H groups in total. The lowest BCUT2D eigenvalue weighted by atomic mass is 10.1. The molecule has 0 amide bonds. The van der Waals surface area contributed by atoms with E-state index in [0.29, 0.717) is 21.6 Å². The Labute approximate surface area is 157 Å². The van der Waals surface area contributed by atoms with Gasteiger partial charge in [0.25, 0.3) is 0 Å². The van der Waals surface area contributed by atoms with Crippen molar-refractivity contribution in [3.63, 3.8) is 0 Å².